The van der Waals surface area contributed by atoms with Crippen molar-refractivity contribution in [1.29, 1.82) is 0 Å². The Balaban J connectivity index is 1.51. The van der Waals surface area contributed by atoms with Crippen molar-refractivity contribution >= 4 is 17.7 Å². The lowest BCUT2D eigenvalue weighted by Crippen LogP contribution is -2.58. The summed E-state index contributed by atoms with van der Waals surface area (Å²) in [7, 11) is 0. The van der Waals surface area contributed by atoms with Crippen molar-refractivity contribution in [3.05, 3.63) is 95.6 Å². The van der Waals surface area contributed by atoms with Gasteiger partial charge in [-0.3, -0.25) is 19.3 Å². The average Bonchev–Trinajstić information content (AvgIpc) is 3.58. The third-order valence-corrected chi connectivity index (χ3v) is 9.20. The zero-order valence-corrected chi connectivity index (χ0v) is 27.9. The molecule has 0 aromatic heterocycles. The molecule has 0 spiro atoms. The molecule has 1 heterocycles. The van der Waals surface area contributed by atoms with Crippen LogP contribution >= 0.6 is 0 Å². The van der Waals surface area contributed by atoms with Crippen LogP contribution in [0, 0.1) is 0 Å². The molecule has 1 saturated carbocycles. The van der Waals surface area contributed by atoms with E-state index in [9.17, 15) is 14.4 Å². The minimum Gasteiger partial charge on any atom is -0.457 e. The second kappa shape index (κ2) is 17.1. The van der Waals surface area contributed by atoms with Gasteiger partial charge in [0.05, 0.1) is 6.04 Å². The van der Waals surface area contributed by atoms with Crippen LogP contribution in [0.15, 0.2) is 78.9 Å². The first-order valence-corrected chi connectivity index (χ1v) is 17.5. The zero-order valence-electron chi connectivity index (χ0n) is 27.9. The van der Waals surface area contributed by atoms with Gasteiger partial charge < -0.3 is 20.7 Å². The van der Waals surface area contributed by atoms with Gasteiger partial charge in [0.1, 0.15) is 23.6 Å². The van der Waals surface area contributed by atoms with E-state index in [0.29, 0.717) is 37.2 Å². The molecule has 1 fully saturated rings. The molecule has 3 aromatic rings. The zero-order chi connectivity index (χ0) is 33.0. The summed E-state index contributed by atoms with van der Waals surface area (Å²) < 4.78 is 6.29. The number of hydrogen-bond acceptors (Lipinski definition) is 5. The van der Waals surface area contributed by atoms with Gasteiger partial charge in [0.2, 0.25) is 17.7 Å². The van der Waals surface area contributed by atoms with Gasteiger partial charge in [-0.2, -0.15) is 0 Å². The molecule has 3 atom stereocenters. The molecule has 250 valence electrons. The molecule has 3 N–H and O–H groups in total. The molecule has 0 unspecified atom stereocenters. The highest BCUT2D eigenvalue weighted by Crippen LogP contribution is 2.26. The summed E-state index contributed by atoms with van der Waals surface area (Å²) in [6.07, 6.45) is 7.65. The van der Waals surface area contributed by atoms with Crippen molar-refractivity contribution < 1.29 is 19.1 Å². The lowest BCUT2D eigenvalue weighted by molar-refractivity contribution is -0.134. The fourth-order valence-electron chi connectivity index (χ4n) is 6.80. The Morgan fingerprint density at radius 3 is 2.09 bits per heavy atom. The van der Waals surface area contributed by atoms with Crippen molar-refractivity contribution in [1.82, 2.24) is 20.9 Å². The number of ether oxygens (including phenoxy) is 1. The molecule has 2 aliphatic rings. The maximum Gasteiger partial charge on any atom is 0.243 e. The summed E-state index contributed by atoms with van der Waals surface area (Å²) >= 11 is 0. The molecule has 0 saturated heterocycles. The van der Waals surface area contributed by atoms with Crippen LogP contribution in [0.25, 0.3) is 0 Å². The lowest BCUT2D eigenvalue weighted by atomic mass is 9.99. The maximum atomic E-state index is 14.3. The monoisotopic (exact) mass is 638 g/mol. The first-order chi connectivity index (χ1) is 22.9. The molecule has 1 aliphatic heterocycles. The van der Waals surface area contributed by atoms with E-state index >= 15 is 0 Å². The number of carbonyl (C=O) groups is 3. The van der Waals surface area contributed by atoms with E-state index in [1.807, 2.05) is 78.9 Å². The van der Waals surface area contributed by atoms with Gasteiger partial charge in [-0.25, -0.2) is 0 Å². The third kappa shape index (κ3) is 9.91. The van der Waals surface area contributed by atoms with Crippen LogP contribution in [0.1, 0.15) is 75.5 Å². The summed E-state index contributed by atoms with van der Waals surface area (Å²) in [6.45, 7) is 5.76. The van der Waals surface area contributed by atoms with E-state index in [4.69, 9.17) is 4.74 Å². The lowest BCUT2D eigenvalue weighted by Gasteiger charge is -2.32. The van der Waals surface area contributed by atoms with Crippen molar-refractivity contribution in [2.45, 2.75) is 102 Å². The SMILES string of the molecule is CCCN(CCC)[C@H]1Cc2cccc(c2)Oc2cccc(c2)C[C@@H](C(=O)NC2CCCC2)NC(=O)[C@H](CCc2ccccc2)NC1=O. The Labute approximate surface area is 279 Å². The predicted molar refractivity (Wildman–Crippen MR) is 185 cm³/mol. The van der Waals surface area contributed by atoms with Gasteiger partial charge in [-0.1, -0.05) is 81.3 Å². The molecule has 0 radical (unpaired) electrons. The molecule has 47 heavy (non-hydrogen) atoms. The smallest absolute Gasteiger partial charge is 0.243 e. The number of rotatable bonds is 10. The highest BCUT2D eigenvalue weighted by molar-refractivity contribution is 5.93. The highest BCUT2D eigenvalue weighted by atomic mass is 16.5. The van der Waals surface area contributed by atoms with E-state index in [0.717, 1.165) is 68.3 Å². The fourth-order valence-corrected chi connectivity index (χ4v) is 6.80. The number of aryl methyl sites for hydroxylation is 1. The van der Waals surface area contributed by atoms with E-state index in [-0.39, 0.29) is 23.8 Å². The molecule has 3 amide bonds. The van der Waals surface area contributed by atoms with Crippen molar-refractivity contribution in [3.63, 3.8) is 0 Å². The topological polar surface area (TPSA) is 99.8 Å². The van der Waals surface area contributed by atoms with E-state index < -0.39 is 18.1 Å². The van der Waals surface area contributed by atoms with E-state index in [1.54, 1.807) is 0 Å². The number of hydrogen-bond donors (Lipinski definition) is 3. The minimum absolute atomic E-state index is 0.110. The largest absolute Gasteiger partial charge is 0.457 e. The van der Waals surface area contributed by atoms with Crippen molar-refractivity contribution in [3.8, 4) is 11.5 Å². The minimum atomic E-state index is -0.814. The van der Waals surface area contributed by atoms with Gasteiger partial charge >= 0.3 is 0 Å². The maximum absolute atomic E-state index is 14.3. The van der Waals surface area contributed by atoms with Crippen LogP contribution in [-0.4, -0.2) is 59.9 Å². The predicted octanol–water partition coefficient (Wildman–Crippen LogP) is 5.73. The highest BCUT2D eigenvalue weighted by Gasteiger charge is 2.32. The van der Waals surface area contributed by atoms with E-state index in [2.05, 4.69) is 34.7 Å². The normalized spacial score (nSPS) is 20.7. The van der Waals surface area contributed by atoms with Gasteiger partial charge in [0.25, 0.3) is 0 Å². The number of amides is 3. The van der Waals surface area contributed by atoms with Crippen LogP contribution < -0.4 is 20.7 Å². The van der Waals surface area contributed by atoms with E-state index in [1.165, 1.54) is 0 Å². The molecule has 8 nitrogen and oxygen atoms in total. The second-order valence-corrected chi connectivity index (χ2v) is 13.0. The third-order valence-electron chi connectivity index (χ3n) is 9.20. The standard InChI is InChI=1S/C39H50N4O4/c1-3-22-43(23-4-2)36-27-30-15-11-19-33(25-30)47-32-18-10-14-29(24-32)26-35(38(45)40-31-16-8-9-17-31)42-37(44)34(41-39(36)46)21-20-28-12-6-5-7-13-28/h5-7,10-15,18-19,24-25,31,34-36H,3-4,8-9,16-17,20-23,26-27H2,1-2H3,(H,40,45)(H,41,46)(H,42,44)/t34-,35-,36-/m0/s1. The summed E-state index contributed by atoms with van der Waals surface area (Å²) in [5.41, 5.74) is 2.94. The van der Waals surface area contributed by atoms with Crippen LogP contribution in [0.5, 0.6) is 11.5 Å². The number of benzene rings is 3. The second-order valence-electron chi connectivity index (χ2n) is 13.0. The molecule has 8 heteroatoms. The number of nitrogens with one attached hydrogen (secondary N) is 3. The molecule has 3 aromatic carbocycles. The summed E-state index contributed by atoms with van der Waals surface area (Å²) in [6, 6.07) is 23.6. The summed E-state index contributed by atoms with van der Waals surface area (Å²) in [5.74, 6) is 0.609. The molecule has 1 aliphatic carbocycles. The van der Waals surface area contributed by atoms with Crippen LogP contribution in [0.3, 0.4) is 0 Å². The Morgan fingerprint density at radius 2 is 1.45 bits per heavy atom. The molecule has 5 rings (SSSR count). The van der Waals surface area contributed by atoms with Gasteiger partial charge in [-0.05, 0) is 99.0 Å². The first-order valence-electron chi connectivity index (χ1n) is 17.5. The first kappa shape index (κ1) is 34.2. The summed E-state index contributed by atoms with van der Waals surface area (Å²) in [5, 5.41) is 9.41. The Morgan fingerprint density at radius 1 is 0.809 bits per heavy atom. The summed E-state index contributed by atoms with van der Waals surface area (Å²) in [4.78, 5) is 44.4. The Hall–Kier alpha value is -4.17. The fraction of sp³-hybridized carbons (Fsp3) is 0.462. The van der Waals surface area contributed by atoms with Gasteiger partial charge in [-0.15, -0.1) is 0 Å². The van der Waals surface area contributed by atoms with Gasteiger partial charge in [0, 0.05) is 12.5 Å². The van der Waals surface area contributed by atoms with Crippen LogP contribution in [0.2, 0.25) is 0 Å². The number of nitrogens with zero attached hydrogens (tertiary/aromatic N) is 1. The van der Waals surface area contributed by atoms with Crippen LogP contribution in [0.4, 0.5) is 0 Å². The Bertz CT molecular complexity index is 1470. The average molecular weight is 639 g/mol. The van der Waals surface area contributed by atoms with Crippen molar-refractivity contribution in [2.75, 3.05) is 13.1 Å². The van der Waals surface area contributed by atoms with Gasteiger partial charge in [0.15, 0.2) is 0 Å². The number of carbonyl (C=O) groups excluding carboxylic acids is 3. The molecular weight excluding hydrogens is 588 g/mol. The Kier molecular flexibility index (Phi) is 12.4. The van der Waals surface area contributed by atoms with Crippen molar-refractivity contribution in [2.24, 2.45) is 0 Å². The quantitative estimate of drug-likeness (QED) is 0.264. The number of fused-ring (bicyclic) bond motifs is 4. The molecular formula is C39H50N4O4. The molecule has 4 bridgehead atoms. The van der Waals surface area contributed by atoms with Crippen LogP contribution in [-0.2, 0) is 33.6 Å².